The smallest absolute Gasteiger partial charge is 0.00197 e. The standard InChI is InChI=1S/2C52H34/c1-4-14-35(15-5-1)40-28-30-47-49(33-40)52(46-25-13-23-44-43(22-12-24-45(44)46)38-19-8-3-9-20-38)50-34-41(36-16-6-2-7-17-36)29-31-48(50)51(47)42-27-26-37-18-10-11-21-39(37)32-42;1-4-14-35(15-5-1)40-27-29-48-49(33-40)51(42-25-24-37-18-10-11-21-39(37)32-42)47-28-26-41(36-16-6-2-7-17-36)34-50(47)52(48)46-31-30-43(38-19-8-3-9-20-38)44-22-12-13-23-45(44)46/h2*1-34H. The van der Waals surface area contributed by atoms with Crippen LogP contribution in [0.15, 0.2) is 413 Å². The lowest BCUT2D eigenvalue weighted by atomic mass is 9.82. The average molecular weight is 1320 g/mol. The van der Waals surface area contributed by atoms with Gasteiger partial charge in [0, 0.05) is 0 Å². The van der Waals surface area contributed by atoms with E-state index in [0.29, 0.717) is 0 Å². The van der Waals surface area contributed by atoms with E-state index in [0.717, 1.165) is 0 Å². The molecule has 20 aromatic rings. The number of hydrogen-bond donors (Lipinski definition) is 0. The van der Waals surface area contributed by atoms with Gasteiger partial charge in [-0.1, -0.05) is 376 Å². The van der Waals surface area contributed by atoms with Gasteiger partial charge in [0.05, 0.1) is 0 Å². The van der Waals surface area contributed by atoms with Crippen molar-refractivity contribution in [3.63, 3.8) is 0 Å². The molecule has 0 heterocycles. The molecular formula is C104H68. The summed E-state index contributed by atoms with van der Waals surface area (Å²) in [7, 11) is 0. The largest absolute Gasteiger partial charge is 0.0622 e. The minimum absolute atomic E-state index is 1.21. The molecule has 0 fully saturated rings. The molecule has 20 rings (SSSR count). The quantitative estimate of drug-likeness (QED) is 0.120. The van der Waals surface area contributed by atoms with E-state index >= 15 is 0 Å². The Morgan fingerprint density at radius 2 is 0.346 bits per heavy atom. The summed E-state index contributed by atoms with van der Waals surface area (Å²) < 4.78 is 0. The molecule has 0 aliphatic rings. The molecule has 0 bridgehead atoms. The Kier molecular flexibility index (Phi) is 15.7. The maximum Gasteiger partial charge on any atom is -0.00197 e. The minimum Gasteiger partial charge on any atom is -0.0622 e. The van der Waals surface area contributed by atoms with Gasteiger partial charge >= 0.3 is 0 Å². The summed E-state index contributed by atoms with van der Waals surface area (Å²) in [4.78, 5) is 0. The fraction of sp³-hybridized carbons (Fsp3) is 0. The zero-order chi connectivity index (χ0) is 68.9. The van der Waals surface area contributed by atoms with Gasteiger partial charge in [0.15, 0.2) is 0 Å². The second-order valence-electron chi connectivity index (χ2n) is 27.3. The summed E-state index contributed by atoms with van der Waals surface area (Å²) >= 11 is 0. The Hall–Kier alpha value is -13.5. The average Bonchev–Trinajstić information content (AvgIpc) is 0.725. The number of benzene rings is 20. The molecule has 0 radical (unpaired) electrons. The molecule has 0 N–H and O–H groups in total. The summed E-state index contributed by atoms with van der Waals surface area (Å²) in [6, 6.07) is 151. The van der Waals surface area contributed by atoms with Crippen LogP contribution in [-0.2, 0) is 0 Å². The van der Waals surface area contributed by atoms with E-state index in [2.05, 4.69) is 413 Å². The summed E-state index contributed by atoms with van der Waals surface area (Å²) in [5, 5.41) is 20.0. The zero-order valence-corrected chi connectivity index (χ0v) is 57.3. The number of fused-ring (bicyclic) bond motifs is 8. The van der Waals surface area contributed by atoms with Crippen molar-refractivity contribution in [1.82, 2.24) is 0 Å². The summed E-state index contributed by atoms with van der Waals surface area (Å²) in [5.74, 6) is 0. The fourth-order valence-electron chi connectivity index (χ4n) is 16.4. The van der Waals surface area contributed by atoms with Gasteiger partial charge < -0.3 is 0 Å². The molecule has 0 saturated heterocycles. The Labute approximate surface area is 606 Å². The zero-order valence-electron chi connectivity index (χ0n) is 57.3. The van der Waals surface area contributed by atoms with Gasteiger partial charge in [-0.05, 0) is 234 Å². The number of rotatable bonds is 10. The molecule has 20 aromatic carbocycles. The van der Waals surface area contributed by atoms with Crippen LogP contribution >= 0.6 is 0 Å². The monoisotopic (exact) mass is 1320 g/mol. The molecule has 0 amide bonds. The van der Waals surface area contributed by atoms with Gasteiger partial charge in [0.1, 0.15) is 0 Å². The van der Waals surface area contributed by atoms with Crippen molar-refractivity contribution in [2.45, 2.75) is 0 Å². The van der Waals surface area contributed by atoms with E-state index < -0.39 is 0 Å². The highest BCUT2D eigenvalue weighted by atomic mass is 14.3. The van der Waals surface area contributed by atoms with E-state index in [4.69, 9.17) is 0 Å². The minimum atomic E-state index is 1.21. The Morgan fingerprint density at radius 1 is 0.0962 bits per heavy atom. The van der Waals surface area contributed by atoms with Crippen molar-refractivity contribution in [2.24, 2.45) is 0 Å². The molecule has 0 aliphatic heterocycles. The highest BCUT2D eigenvalue weighted by Crippen LogP contribution is 2.51. The summed E-state index contributed by atoms with van der Waals surface area (Å²) in [5.41, 5.74) is 24.7. The molecule has 0 unspecified atom stereocenters. The molecule has 0 nitrogen and oxygen atoms in total. The van der Waals surface area contributed by atoms with Crippen LogP contribution in [-0.4, -0.2) is 0 Å². The van der Waals surface area contributed by atoms with Crippen LogP contribution in [0.1, 0.15) is 0 Å². The van der Waals surface area contributed by atoms with E-state index in [1.165, 1.54) is 197 Å². The van der Waals surface area contributed by atoms with Crippen LogP contribution in [0, 0.1) is 0 Å². The molecule has 0 saturated carbocycles. The van der Waals surface area contributed by atoms with Gasteiger partial charge in [-0.25, -0.2) is 0 Å². The van der Waals surface area contributed by atoms with Gasteiger partial charge in [-0.15, -0.1) is 0 Å². The highest BCUT2D eigenvalue weighted by Gasteiger charge is 2.24. The molecule has 0 heteroatoms. The van der Waals surface area contributed by atoms with Crippen molar-refractivity contribution in [2.75, 3.05) is 0 Å². The third-order valence-electron chi connectivity index (χ3n) is 21.3. The van der Waals surface area contributed by atoms with Crippen LogP contribution in [0.5, 0.6) is 0 Å². The van der Waals surface area contributed by atoms with Crippen molar-refractivity contribution in [3.8, 4) is 111 Å². The Morgan fingerprint density at radius 3 is 0.740 bits per heavy atom. The van der Waals surface area contributed by atoms with Gasteiger partial charge in [-0.2, -0.15) is 0 Å². The third-order valence-corrected chi connectivity index (χ3v) is 21.3. The van der Waals surface area contributed by atoms with Gasteiger partial charge in [0.25, 0.3) is 0 Å². The van der Waals surface area contributed by atoms with Crippen LogP contribution in [0.2, 0.25) is 0 Å². The Bertz CT molecular complexity index is 6560. The van der Waals surface area contributed by atoms with E-state index in [1.807, 2.05) is 0 Å². The lowest BCUT2D eigenvalue weighted by Gasteiger charge is -2.21. The van der Waals surface area contributed by atoms with E-state index in [-0.39, 0.29) is 0 Å². The predicted molar refractivity (Wildman–Crippen MR) is 447 cm³/mol. The Balaban J connectivity index is 0.000000143. The second kappa shape index (κ2) is 26.5. The second-order valence-corrected chi connectivity index (χ2v) is 27.3. The lowest BCUT2D eigenvalue weighted by Crippen LogP contribution is -1.94. The molecule has 0 spiro atoms. The number of hydrogen-bond acceptors (Lipinski definition) is 0. The van der Waals surface area contributed by atoms with E-state index in [9.17, 15) is 0 Å². The molecule has 484 valence electrons. The SMILES string of the molecule is c1ccc(-c2ccc3c(-c4ccc(-c5ccccc5)c5ccccc45)c4cc(-c5ccccc5)ccc4c(-c4ccc5ccccc5c4)c3c2)cc1.c1ccc(-c2ccc3c(-c4ccc5ccccc5c4)c4ccc(-c5ccccc5)cc4c(-c4cccc5c(-c6ccccc6)cccc45)c3c2)cc1. The lowest BCUT2D eigenvalue weighted by molar-refractivity contribution is 1.62. The topological polar surface area (TPSA) is 0 Å². The highest BCUT2D eigenvalue weighted by molar-refractivity contribution is 6.27. The van der Waals surface area contributed by atoms with Crippen molar-refractivity contribution < 1.29 is 0 Å². The van der Waals surface area contributed by atoms with Crippen LogP contribution in [0.25, 0.3) is 197 Å². The first-order valence-corrected chi connectivity index (χ1v) is 36.0. The normalized spacial score (nSPS) is 11.5. The maximum atomic E-state index is 2.43. The first-order chi connectivity index (χ1) is 51.6. The first kappa shape index (κ1) is 61.6. The van der Waals surface area contributed by atoms with Gasteiger partial charge in [0.2, 0.25) is 0 Å². The van der Waals surface area contributed by atoms with Crippen LogP contribution in [0.4, 0.5) is 0 Å². The van der Waals surface area contributed by atoms with Crippen molar-refractivity contribution >= 4 is 86.2 Å². The molecule has 104 heavy (non-hydrogen) atoms. The molecule has 0 atom stereocenters. The van der Waals surface area contributed by atoms with Crippen LogP contribution < -0.4 is 0 Å². The predicted octanol–water partition coefficient (Wildman–Crippen LogP) is 29.3. The van der Waals surface area contributed by atoms with Gasteiger partial charge in [-0.3, -0.25) is 0 Å². The van der Waals surface area contributed by atoms with Crippen LogP contribution in [0.3, 0.4) is 0 Å². The molecule has 0 aromatic heterocycles. The summed E-state index contributed by atoms with van der Waals surface area (Å²) in [6.07, 6.45) is 0. The molecular weight excluding hydrogens is 1250 g/mol. The first-order valence-electron chi connectivity index (χ1n) is 36.0. The third kappa shape index (κ3) is 11.1. The van der Waals surface area contributed by atoms with Crippen molar-refractivity contribution in [3.05, 3.63) is 413 Å². The fourth-order valence-corrected chi connectivity index (χ4v) is 16.4. The molecule has 0 aliphatic carbocycles. The maximum absolute atomic E-state index is 2.43. The summed E-state index contributed by atoms with van der Waals surface area (Å²) in [6.45, 7) is 0. The van der Waals surface area contributed by atoms with E-state index in [1.54, 1.807) is 0 Å². The van der Waals surface area contributed by atoms with Crippen molar-refractivity contribution in [1.29, 1.82) is 0 Å².